The molecule has 1 fully saturated rings. The summed E-state index contributed by atoms with van der Waals surface area (Å²) in [6.45, 7) is 15.6. The number of benzene rings is 1. The van der Waals surface area contributed by atoms with Gasteiger partial charge in [-0.05, 0) is 79.2 Å². The Bertz CT molecular complexity index is 1590. The van der Waals surface area contributed by atoms with Crippen molar-refractivity contribution in [1.82, 2.24) is 24.8 Å². The van der Waals surface area contributed by atoms with Gasteiger partial charge >= 0.3 is 6.09 Å². The second kappa shape index (κ2) is 14.1. The van der Waals surface area contributed by atoms with Crippen LogP contribution in [0.25, 0.3) is 0 Å². The molecule has 47 heavy (non-hydrogen) atoms. The average Bonchev–Trinajstić information content (AvgIpc) is 3.02. The predicted molar refractivity (Wildman–Crippen MR) is 176 cm³/mol. The van der Waals surface area contributed by atoms with Gasteiger partial charge in [0.2, 0.25) is 0 Å². The van der Waals surface area contributed by atoms with Crippen LogP contribution in [0.3, 0.4) is 0 Å². The summed E-state index contributed by atoms with van der Waals surface area (Å²) in [5.74, 6) is 1.19. The lowest BCUT2D eigenvalue weighted by Gasteiger charge is -2.37. The third kappa shape index (κ3) is 7.74. The Labute approximate surface area is 276 Å². The minimum absolute atomic E-state index is 0.0273. The van der Waals surface area contributed by atoms with Gasteiger partial charge in [-0.1, -0.05) is 0 Å². The van der Waals surface area contributed by atoms with Crippen molar-refractivity contribution in [2.45, 2.75) is 91.5 Å². The minimum Gasteiger partial charge on any atom is -0.490 e. The van der Waals surface area contributed by atoms with Crippen molar-refractivity contribution in [3.05, 3.63) is 65.6 Å². The van der Waals surface area contributed by atoms with Crippen LogP contribution >= 0.6 is 0 Å². The molecule has 252 valence electrons. The van der Waals surface area contributed by atoms with Crippen LogP contribution in [-0.2, 0) is 11.2 Å². The summed E-state index contributed by atoms with van der Waals surface area (Å²) >= 11 is 0. The van der Waals surface area contributed by atoms with Crippen molar-refractivity contribution in [1.29, 1.82) is 0 Å². The molecule has 2 amide bonds. The summed E-state index contributed by atoms with van der Waals surface area (Å²) < 4.78 is 32.7. The number of fused-ring (bicyclic) bond motifs is 1. The zero-order valence-corrected chi connectivity index (χ0v) is 28.3. The predicted octanol–water partition coefficient (Wildman–Crippen LogP) is 6.58. The molecule has 0 N–H and O–H groups in total. The van der Waals surface area contributed by atoms with E-state index in [1.54, 1.807) is 22.2 Å². The maximum Gasteiger partial charge on any atom is 0.410 e. The van der Waals surface area contributed by atoms with Gasteiger partial charge in [0.15, 0.2) is 11.6 Å². The molecule has 1 unspecified atom stereocenters. The van der Waals surface area contributed by atoms with Gasteiger partial charge in [-0.25, -0.2) is 19.2 Å². The number of piperidine rings is 1. The molecular weight excluding hydrogens is 603 g/mol. The topological polar surface area (TPSA) is 110 Å². The van der Waals surface area contributed by atoms with Crippen LogP contribution in [-0.4, -0.2) is 80.7 Å². The number of nitrogens with zero attached hydrogens (tertiary/aromatic N) is 6. The molecule has 0 radical (unpaired) electrons. The maximum atomic E-state index is 14.3. The monoisotopic (exact) mass is 648 g/mol. The summed E-state index contributed by atoms with van der Waals surface area (Å²) in [6.07, 6.45) is 6.49. The lowest BCUT2D eigenvalue weighted by Crippen LogP contribution is -2.43. The Kier molecular flexibility index (Phi) is 10.2. The first-order valence-electron chi connectivity index (χ1n) is 16.3. The van der Waals surface area contributed by atoms with Crippen molar-refractivity contribution in [3.63, 3.8) is 0 Å². The molecule has 2 aromatic heterocycles. The first-order valence-corrected chi connectivity index (χ1v) is 16.3. The Morgan fingerprint density at radius 3 is 2.49 bits per heavy atom. The number of rotatable bonds is 8. The third-order valence-corrected chi connectivity index (χ3v) is 8.45. The van der Waals surface area contributed by atoms with E-state index in [1.807, 2.05) is 54.5 Å². The van der Waals surface area contributed by atoms with E-state index in [4.69, 9.17) is 14.2 Å². The number of hydrogen-bond acceptors (Lipinski definition) is 9. The Morgan fingerprint density at radius 2 is 1.81 bits per heavy atom. The largest absolute Gasteiger partial charge is 0.490 e. The van der Waals surface area contributed by atoms with Crippen molar-refractivity contribution < 1.29 is 28.2 Å². The van der Waals surface area contributed by atoms with Crippen LogP contribution in [0.2, 0.25) is 0 Å². The van der Waals surface area contributed by atoms with Crippen LogP contribution < -0.4 is 14.4 Å². The molecule has 1 aromatic carbocycles. The summed E-state index contributed by atoms with van der Waals surface area (Å²) in [5.41, 5.74) is 1.42. The second-order valence-electron chi connectivity index (χ2n) is 13.2. The van der Waals surface area contributed by atoms with E-state index in [-0.39, 0.29) is 41.5 Å². The van der Waals surface area contributed by atoms with Gasteiger partial charge in [0.25, 0.3) is 5.91 Å². The van der Waals surface area contributed by atoms with E-state index >= 15 is 0 Å². The first kappa shape index (κ1) is 33.9. The van der Waals surface area contributed by atoms with E-state index in [9.17, 15) is 14.0 Å². The molecule has 2 aliphatic rings. The lowest BCUT2D eigenvalue weighted by atomic mass is 9.98. The zero-order chi connectivity index (χ0) is 33.9. The highest BCUT2D eigenvalue weighted by Crippen LogP contribution is 2.37. The smallest absolute Gasteiger partial charge is 0.410 e. The highest BCUT2D eigenvalue weighted by molar-refractivity contribution is 5.97. The molecule has 5 rings (SSSR count). The van der Waals surface area contributed by atoms with Gasteiger partial charge in [0, 0.05) is 56.8 Å². The Hall–Kier alpha value is -4.48. The van der Waals surface area contributed by atoms with E-state index < -0.39 is 11.4 Å². The molecule has 1 atom stereocenters. The summed E-state index contributed by atoms with van der Waals surface area (Å²) in [6, 6.07) is 5.56. The molecule has 0 aliphatic carbocycles. The number of amides is 2. The average molecular weight is 649 g/mol. The van der Waals surface area contributed by atoms with Crippen LogP contribution in [0.4, 0.5) is 15.0 Å². The maximum absolute atomic E-state index is 14.3. The molecule has 1 saturated heterocycles. The highest BCUT2D eigenvalue weighted by Gasteiger charge is 2.34. The molecule has 4 heterocycles. The van der Waals surface area contributed by atoms with Crippen molar-refractivity contribution in [3.8, 4) is 17.2 Å². The second-order valence-corrected chi connectivity index (χ2v) is 13.2. The number of ether oxygens (including phenoxy) is 3. The third-order valence-electron chi connectivity index (χ3n) is 8.45. The minimum atomic E-state index is -0.573. The van der Waals surface area contributed by atoms with Crippen molar-refractivity contribution >= 4 is 17.8 Å². The fourth-order valence-corrected chi connectivity index (χ4v) is 6.11. The molecule has 3 aromatic rings. The van der Waals surface area contributed by atoms with E-state index in [2.05, 4.69) is 19.9 Å². The van der Waals surface area contributed by atoms with E-state index in [1.165, 1.54) is 24.5 Å². The van der Waals surface area contributed by atoms with Gasteiger partial charge < -0.3 is 24.0 Å². The molecule has 0 spiro atoms. The van der Waals surface area contributed by atoms with Gasteiger partial charge in [-0.2, -0.15) is 0 Å². The lowest BCUT2D eigenvalue weighted by molar-refractivity contribution is 0.0152. The van der Waals surface area contributed by atoms with Crippen LogP contribution in [0, 0.1) is 5.82 Å². The van der Waals surface area contributed by atoms with Crippen LogP contribution in [0.15, 0.2) is 43.0 Å². The first-order chi connectivity index (χ1) is 22.4. The fraction of sp³-hybridized carbons (Fsp3) is 0.514. The SMILES string of the molecule is CCN(C(=O)c1cc(F)ccc1Oc1cncnc1N1CCC(Oc2ccnc3c2CCN(C(=O)OC(C)(C)C)C3C)CC1)C(C)C. The fourth-order valence-electron chi connectivity index (χ4n) is 6.11. The molecule has 2 aliphatic heterocycles. The molecule has 11 nitrogen and oxygen atoms in total. The number of anilines is 1. The molecule has 0 saturated carbocycles. The number of pyridine rings is 1. The summed E-state index contributed by atoms with van der Waals surface area (Å²) in [4.78, 5) is 45.0. The number of hydrogen-bond donors (Lipinski definition) is 0. The van der Waals surface area contributed by atoms with Crippen molar-refractivity contribution in [2.75, 3.05) is 31.1 Å². The van der Waals surface area contributed by atoms with E-state index in [0.717, 1.165) is 29.8 Å². The van der Waals surface area contributed by atoms with E-state index in [0.29, 0.717) is 44.2 Å². The molecule has 12 heteroatoms. The quantitative estimate of drug-likeness (QED) is 0.268. The normalized spacial score (nSPS) is 16.9. The van der Waals surface area contributed by atoms with Gasteiger partial charge in [0.05, 0.1) is 23.5 Å². The number of carbonyl (C=O) groups is 2. The van der Waals surface area contributed by atoms with Crippen molar-refractivity contribution in [2.24, 2.45) is 0 Å². The van der Waals surface area contributed by atoms with Gasteiger partial charge in [0.1, 0.15) is 35.3 Å². The molecule has 0 bridgehead atoms. The summed E-state index contributed by atoms with van der Waals surface area (Å²) in [5, 5.41) is 0. The van der Waals surface area contributed by atoms with Crippen LogP contribution in [0.1, 0.15) is 89.0 Å². The summed E-state index contributed by atoms with van der Waals surface area (Å²) in [7, 11) is 0. The van der Waals surface area contributed by atoms with Gasteiger partial charge in [-0.3, -0.25) is 14.7 Å². The number of carbonyl (C=O) groups excluding carboxylic acids is 2. The van der Waals surface area contributed by atoms with Gasteiger partial charge in [-0.15, -0.1) is 0 Å². The zero-order valence-electron chi connectivity index (χ0n) is 28.3. The number of halogens is 1. The van der Waals surface area contributed by atoms with Crippen LogP contribution in [0.5, 0.6) is 17.2 Å². The Morgan fingerprint density at radius 1 is 1.06 bits per heavy atom. The standard InChI is InChI=1S/C35H45FN6O5/c1-8-41(22(2)3)33(43)27-19-24(36)9-10-28(27)46-30-20-37-21-39-32(30)40-16-12-25(13-17-40)45-29-11-15-38-31-23(4)42(18-14-26(29)31)34(44)47-35(5,6)7/h9-11,15,19-23,25H,8,12-14,16-18H2,1-7H3. The molecular formula is C35H45FN6O5. The Balaban J connectivity index is 1.27. The highest BCUT2D eigenvalue weighted by atomic mass is 19.1. The number of aromatic nitrogens is 3.